The number of amides is 1. The van der Waals surface area contributed by atoms with E-state index in [0.29, 0.717) is 16.9 Å². The van der Waals surface area contributed by atoms with Crippen molar-refractivity contribution in [1.82, 2.24) is 5.32 Å². The number of Topliss-reactive ketones (excluding diaryl/α,β-unsaturated/α-hetero) is 1. The number of ether oxygens (including phenoxy) is 1. The van der Waals surface area contributed by atoms with E-state index in [1.807, 2.05) is 0 Å². The Bertz CT molecular complexity index is 1050. The van der Waals surface area contributed by atoms with Crippen LogP contribution in [0.25, 0.3) is 10.4 Å². The second-order valence-electron chi connectivity index (χ2n) is 7.26. The summed E-state index contributed by atoms with van der Waals surface area (Å²) < 4.78 is 19.3. The maximum Gasteiger partial charge on any atom is 0.252 e. The highest BCUT2D eigenvalue weighted by molar-refractivity contribution is 5.99. The van der Waals surface area contributed by atoms with Crippen LogP contribution in [0.5, 0.6) is 5.75 Å². The van der Waals surface area contributed by atoms with Gasteiger partial charge >= 0.3 is 0 Å². The zero-order chi connectivity index (χ0) is 21.3. The van der Waals surface area contributed by atoms with Crippen molar-refractivity contribution in [3.05, 3.63) is 69.3 Å². The molecule has 0 saturated carbocycles. The van der Waals surface area contributed by atoms with Crippen LogP contribution in [0.1, 0.15) is 53.1 Å². The molecular weight excluding hydrogens is 379 g/mol. The van der Waals surface area contributed by atoms with Gasteiger partial charge < -0.3 is 15.2 Å². The number of aliphatic hydroxyl groups is 1. The highest BCUT2D eigenvalue weighted by Crippen LogP contribution is 2.40. The molecule has 2 atom stereocenters. The highest BCUT2D eigenvalue weighted by Gasteiger charge is 2.44. The molecule has 9 heteroatoms. The van der Waals surface area contributed by atoms with Crippen LogP contribution >= 0.6 is 0 Å². The first-order chi connectivity index (χ1) is 13.6. The third-order valence-corrected chi connectivity index (χ3v) is 4.80. The number of rotatable bonds is 4. The summed E-state index contributed by atoms with van der Waals surface area (Å²) in [5.74, 6) is -1.09. The molecule has 0 radical (unpaired) electrons. The molecule has 1 aliphatic heterocycles. The minimum atomic E-state index is -1.15. The SMILES string of the molecule is CC(=O)c1ccc2c(c1)C(NC(=O)c1ccc(F)cc1N=[N+]=[N-])C(O)C(C)(C)O2. The van der Waals surface area contributed by atoms with Gasteiger partial charge in [0.15, 0.2) is 5.78 Å². The minimum Gasteiger partial charge on any atom is -0.485 e. The topological polar surface area (TPSA) is 124 Å². The van der Waals surface area contributed by atoms with E-state index in [4.69, 9.17) is 10.3 Å². The fraction of sp³-hybridized carbons (Fsp3) is 0.300. The fourth-order valence-corrected chi connectivity index (χ4v) is 3.22. The van der Waals surface area contributed by atoms with Crippen molar-refractivity contribution >= 4 is 17.4 Å². The predicted molar refractivity (Wildman–Crippen MR) is 103 cm³/mol. The first-order valence-corrected chi connectivity index (χ1v) is 8.81. The zero-order valence-electron chi connectivity index (χ0n) is 16.0. The van der Waals surface area contributed by atoms with Crippen molar-refractivity contribution < 1.29 is 23.8 Å². The summed E-state index contributed by atoms with van der Waals surface area (Å²) in [6.07, 6.45) is -1.15. The Morgan fingerprint density at radius 2 is 2.00 bits per heavy atom. The molecule has 2 aromatic carbocycles. The molecule has 8 nitrogen and oxygen atoms in total. The molecule has 0 aromatic heterocycles. The molecule has 1 amide bonds. The molecule has 1 aliphatic rings. The Balaban J connectivity index is 2.04. The number of aliphatic hydroxyl groups excluding tert-OH is 1. The van der Waals surface area contributed by atoms with Crippen LogP contribution in [-0.4, -0.2) is 28.5 Å². The number of nitrogens with one attached hydrogen (secondary N) is 1. The lowest BCUT2D eigenvalue weighted by molar-refractivity contribution is -0.0627. The summed E-state index contributed by atoms with van der Waals surface area (Å²) in [6.45, 7) is 4.74. The largest absolute Gasteiger partial charge is 0.485 e. The number of carbonyl (C=O) groups excluding carboxylic acids is 2. The molecule has 2 unspecified atom stereocenters. The number of nitrogens with zero attached hydrogens (tertiary/aromatic N) is 3. The highest BCUT2D eigenvalue weighted by atomic mass is 19.1. The van der Waals surface area contributed by atoms with Crippen molar-refractivity contribution in [3.63, 3.8) is 0 Å². The predicted octanol–water partition coefficient (Wildman–Crippen LogP) is 3.97. The van der Waals surface area contributed by atoms with Crippen LogP contribution < -0.4 is 10.1 Å². The van der Waals surface area contributed by atoms with E-state index >= 15 is 0 Å². The quantitative estimate of drug-likeness (QED) is 0.350. The third kappa shape index (κ3) is 3.91. The van der Waals surface area contributed by atoms with Crippen LogP contribution in [0.2, 0.25) is 0 Å². The number of azide groups is 1. The maximum absolute atomic E-state index is 13.5. The fourth-order valence-electron chi connectivity index (χ4n) is 3.22. The molecule has 2 aromatic rings. The Kier molecular flexibility index (Phi) is 5.28. The summed E-state index contributed by atoms with van der Waals surface area (Å²) in [5, 5.41) is 16.9. The lowest BCUT2D eigenvalue weighted by Gasteiger charge is -2.42. The number of benzene rings is 2. The van der Waals surface area contributed by atoms with Crippen molar-refractivity contribution in [1.29, 1.82) is 0 Å². The van der Waals surface area contributed by atoms with Crippen LogP contribution in [-0.2, 0) is 0 Å². The molecule has 29 heavy (non-hydrogen) atoms. The van der Waals surface area contributed by atoms with Crippen LogP contribution in [0, 0.1) is 5.82 Å². The molecule has 2 N–H and O–H groups in total. The summed E-state index contributed by atoms with van der Waals surface area (Å²) in [4.78, 5) is 27.2. The number of hydrogen-bond donors (Lipinski definition) is 2. The van der Waals surface area contributed by atoms with Gasteiger partial charge in [0.2, 0.25) is 0 Å². The van der Waals surface area contributed by atoms with Gasteiger partial charge in [0.05, 0.1) is 11.7 Å². The Morgan fingerprint density at radius 1 is 1.28 bits per heavy atom. The molecule has 150 valence electrons. The smallest absolute Gasteiger partial charge is 0.252 e. The Morgan fingerprint density at radius 3 is 2.66 bits per heavy atom. The van der Waals surface area contributed by atoms with Gasteiger partial charge in [0, 0.05) is 21.6 Å². The number of fused-ring (bicyclic) bond motifs is 1. The zero-order valence-corrected chi connectivity index (χ0v) is 16.0. The van der Waals surface area contributed by atoms with E-state index < -0.39 is 29.5 Å². The molecule has 3 rings (SSSR count). The summed E-state index contributed by atoms with van der Waals surface area (Å²) in [7, 11) is 0. The summed E-state index contributed by atoms with van der Waals surface area (Å²) in [6, 6.07) is 7.07. The number of carbonyl (C=O) groups is 2. The maximum atomic E-state index is 13.5. The second-order valence-corrected chi connectivity index (χ2v) is 7.26. The first kappa shape index (κ1) is 20.3. The van der Waals surface area contributed by atoms with Crippen LogP contribution in [0.15, 0.2) is 41.5 Å². The molecule has 0 saturated heterocycles. The van der Waals surface area contributed by atoms with Crippen LogP contribution in [0.4, 0.5) is 10.1 Å². The lowest BCUT2D eigenvalue weighted by atomic mass is 9.85. The van der Waals surface area contributed by atoms with Gasteiger partial charge in [-0.3, -0.25) is 9.59 Å². The molecule has 0 fully saturated rings. The normalized spacial score (nSPS) is 19.3. The van der Waals surface area contributed by atoms with Gasteiger partial charge in [-0.15, -0.1) is 0 Å². The van der Waals surface area contributed by atoms with Crippen molar-refractivity contribution in [3.8, 4) is 5.75 Å². The van der Waals surface area contributed by atoms with Gasteiger partial charge in [-0.05, 0) is 62.7 Å². The molecule has 1 heterocycles. The van der Waals surface area contributed by atoms with Gasteiger partial charge in [-0.25, -0.2) is 4.39 Å². The molecule has 0 spiro atoms. The van der Waals surface area contributed by atoms with E-state index in [9.17, 15) is 19.1 Å². The van der Waals surface area contributed by atoms with Gasteiger partial charge in [-0.1, -0.05) is 5.11 Å². The Hall–Kier alpha value is -3.42. The average Bonchev–Trinajstić information content (AvgIpc) is 2.65. The van der Waals surface area contributed by atoms with E-state index in [2.05, 4.69) is 15.3 Å². The Labute approximate surface area is 165 Å². The average molecular weight is 398 g/mol. The minimum absolute atomic E-state index is 0.0510. The van der Waals surface area contributed by atoms with E-state index in [1.54, 1.807) is 32.0 Å². The van der Waals surface area contributed by atoms with Gasteiger partial charge in [0.1, 0.15) is 23.3 Å². The molecule has 0 aliphatic carbocycles. The molecule has 0 bridgehead atoms. The summed E-state index contributed by atoms with van der Waals surface area (Å²) in [5.41, 5.74) is 8.25. The van der Waals surface area contributed by atoms with Crippen molar-refractivity contribution in [2.45, 2.75) is 38.5 Å². The molecular formula is C20H19FN4O4. The first-order valence-electron chi connectivity index (χ1n) is 8.81. The van der Waals surface area contributed by atoms with Gasteiger partial charge in [-0.2, -0.15) is 0 Å². The number of halogens is 1. The van der Waals surface area contributed by atoms with E-state index in [-0.39, 0.29) is 17.0 Å². The monoisotopic (exact) mass is 398 g/mol. The van der Waals surface area contributed by atoms with Crippen molar-refractivity contribution in [2.75, 3.05) is 0 Å². The van der Waals surface area contributed by atoms with Crippen molar-refractivity contribution in [2.24, 2.45) is 5.11 Å². The third-order valence-electron chi connectivity index (χ3n) is 4.80. The second kappa shape index (κ2) is 7.54. The number of ketones is 1. The van der Waals surface area contributed by atoms with E-state index in [0.717, 1.165) is 12.1 Å². The van der Waals surface area contributed by atoms with Crippen LogP contribution in [0.3, 0.4) is 0 Å². The standard InChI is InChI=1S/C20H19FN4O4/c1-10(26)11-4-7-16-14(8-11)17(18(27)20(2,3)29-16)23-19(28)13-6-5-12(21)9-15(13)24-25-22/h4-9,17-18,27H,1-3H3,(H,23,28). The lowest BCUT2D eigenvalue weighted by Crippen LogP contribution is -2.53. The summed E-state index contributed by atoms with van der Waals surface area (Å²) >= 11 is 0. The number of hydrogen-bond acceptors (Lipinski definition) is 5. The van der Waals surface area contributed by atoms with E-state index in [1.165, 1.54) is 13.0 Å². The van der Waals surface area contributed by atoms with Gasteiger partial charge in [0.25, 0.3) is 5.91 Å².